The number of rotatable bonds is 7. The maximum absolute atomic E-state index is 6.53. The van der Waals surface area contributed by atoms with Crippen LogP contribution in [0.5, 0.6) is 0 Å². The molecule has 0 aliphatic heterocycles. The number of hydrogen-bond donors (Lipinski definition) is 0. The lowest BCUT2D eigenvalue weighted by Crippen LogP contribution is -2.12. The van der Waals surface area contributed by atoms with E-state index in [0.29, 0.717) is 0 Å². The lowest BCUT2D eigenvalue weighted by molar-refractivity contribution is 0.672. The van der Waals surface area contributed by atoms with E-state index in [0.717, 1.165) is 61.1 Å². The minimum Gasteiger partial charge on any atom is -0.455 e. The van der Waals surface area contributed by atoms with Crippen molar-refractivity contribution in [2.75, 3.05) is 4.90 Å². The van der Waals surface area contributed by atoms with Crippen LogP contribution in [-0.2, 0) is 0 Å². The lowest BCUT2D eigenvalue weighted by Gasteiger charge is -2.30. The van der Waals surface area contributed by atoms with E-state index in [1.807, 2.05) is 0 Å². The van der Waals surface area contributed by atoms with Gasteiger partial charge < -0.3 is 9.32 Å². The highest BCUT2D eigenvalue weighted by Gasteiger charge is 2.21. The SMILES string of the molecule is c1ccc(-c2ccccc2N(c2ccc(-c3cccc(-c4cccc5ccccc45)c3)cc2)c2ccccc2-c2ccc3oc4c5ccccc5ccc4c3c2)cc1. The van der Waals surface area contributed by atoms with Crippen molar-refractivity contribution in [1.29, 1.82) is 0 Å². The predicted octanol–water partition coefficient (Wildman–Crippen LogP) is 16.0. The molecule has 58 heavy (non-hydrogen) atoms. The summed E-state index contributed by atoms with van der Waals surface area (Å²) in [5.41, 5.74) is 14.5. The molecule has 0 saturated heterocycles. The summed E-state index contributed by atoms with van der Waals surface area (Å²) in [4.78, 5) is 2.42. The third kappa shape index (κ3) is 5.82. The normalized spacial score (nSPS) is 11.4. The van der Waals surface area contributed by atoms with E-state index in [1.54, 1.807) is 0 Å². The zero-order chi connectivity index (χ0) is 38.4. The number of nitrogens with zero attached hydrogens (tertiary/aromatic N) is 1. The Labute approximate surface area is 337 Å². The van der Waals surface area contributed by atoms with Gasteiger partial charge >= 0.3 is 0 Å². The van der Waals surface area contributed by atoms with Crippen molar-refractivity contribution >= 4 is 60.5 Å². The number of hydrogen-bond acceptors (Lipinski definition) is 2. The van der Waals surface area contributed by atoms with Gasteiger partial charge in [0.1, 0.15) is 11.2 Å². The predicted molar refractivity (Wildman–Crippen MR) is 245 cm³/mol. The number of furan rings is 1. The third-order valence-corrected chi connectivity index (χ3v) is 11.5. The second-order valence-electron chi connectivity index (χ2n) is 14.9. The van der Waals surface area contributed by atoms with Crippen molar-refractivity contribution in [2.45, 2.75) is 0 Å². The molecule has 2 heteroatoms. The summed E-state index contributed by atoms with van der Waals surface area (Å²) in [5, 5.41) is 7.05. The van der Waals surface area contributed by atoms with E-state index in [9.17, 15) is 0 Å². The minimum absolute atomic E-state index is 0.888. The highest BCUT2D eigenvalue weighted by molar-refractivity contribution is 6.15. The average molecular weight is 740 g/mol. The fourth-order valence-electron chi connectivity index (χ4n) is 8.67. The van der Waals surface area contributed by atoms with Crippen LogP contribution in [0.4, 0.5) is 17.1 Å². The van der Waals surface area contributed by atoms with Crippen LogP contribution in [0, 0.1) is 0 Å². The van der Waals surface area contributed by atoms with Gasteiger partial charge in [0.15, 0.2) is 0 Å². The lowest BCUT2D eigenvalue weighted by atomic mass is 9.95. The monoisotopic (exact) mass is 739 g/mol. The summed E-state index contributed by atoms with van der Waals surface area (Å²) in [6.07, 6.45) is 0. The summed E-state index contributed by atoms with van der Waals surface area (Å²) in [6.45, 7) is 0. The molecule has 11 rings (SSSR count). The van der Waals surface area contributed by atoms with Gasteiger partial charge in [0.05, 0.1) is 11.4 Å². The minimum atomic E-state index is 0.888. The molecule has 0 unspecified atom stereocenters. The molecule has 272 valence electrons. The van der Waals surface area contributed by atoms with Crippen molar-refractivity contribution in [3.63, 3.8) is 0 Å². The highest BCUT2D eigenvalue weighted by atomic mass is 16.3. The van der Waals surface area contributed by atoms with E-state index in [-0.39, 0.29) is 0 Å². The first-order chi connectivity index (χ1) is 28.8. The van der Waals surface area contributed by atoms with E-state index in [2.05, 4.69) is 229 Å². The van der Waals surface area contributed by atoms with Crippen LogP contribution in [0.2, 0.25) is 0 Å². The summed E-state index contributed by atoms with van der Waals surface area (Å²) in [6, 6.07) is 80.7. The highest BCUT2D eigenvalue weighted by Crippen LogP contribution is 2.46. The van der Waals surface area contributed by atoms with Gasteiger partial charge in [-0.05, 0) is 98.1 Å². The molecular weight excluding hydrogens is 703 g/mol. The van der Waals surface area contributed by atoms with Crippen LogP contribution in [0.15, 0.2) is 229 Å². The zero-order valence-electron chi connectivity index (χ0n) is 31.7. The first-order valence-corrected chi connectivity index (χ1v) is 19.8. The Hall–Kier alpha value is -7.68. The first-order valence-electron chi connectivity index (χ1n) is 19.8. The van der Waals surface area contributed by atoms with Crippen LogP contribution >= 0.6 is 0 Å². The molecule has 0 radical (unpaired) electrons. The molecule has 2 nitrogen and oxygen atoms in total. The zero-order valence-corrected chi connectivity index (χ0v) is 31.7. The molecule has 1 heterocycles. The number of fused-ring (bicyclic) bond motifs is 6. The Morgan fingerprint density at radius 1 is 0.293 bits per heavy atom. The molecule has 0 saturated carbocycles. The van der Waals surface area contributed by atoms with E-state index < -0.39 is 0 Å². The van der Waals surface area contributed by atoms with E-state index in [1.165, 1.54) is 44.0 Å². The molecule has 11 aromatic rings. The number of benzene rings is 10. The Morgan fingerprint density at radius 3 is 1.64 bits per heavy atom. The fourth-order valence-corrected chi connectivity index (χ4v) is 8.67. The van der Waals surface area contributed by atoms with Crippen molar-refractivity contribution in [3.05, 3.63) is 224 Å². The second kappa shape index (κ2) is 14.1. The summed E-state index contributed by atoms with van der Waals surface area (Å²) < 4.78 is 6.53. The van der Waals surface area contributed by atoms with Gasteiger partial charge in [-0.15, -0.1) is 0 Å². The van der Waals surface area contributed by atoms with E-state index in [4.69, 9.17) is 4.42 Å². The van der Waals surface area contributed by atoms with Crippen LogP contribution < -0.4 is 4.90 Å². The van der Waals surface area contributed by atoms with Gasteiger partial charge in [-0.3, -0.25) is 0 Å². The van der Waals surface area contributed by atoms with Crippen molar-refractivity contribution in [2.24, 2.45) is 0 Å². The quantitative estimate of drug-likeness (QED) is 0.162. The van der Waals surface area contributed by atoms with Gasteiger partial charge in [-0.2, -0.15) is 0 Å². The molecule has 0 spiro atoms. The van der Waals surface area contributed by atoms with Crippen molar-refractivity contribution in [1.82, 2.24) is 0 Å². The van der Waals surface area contributed by atoms with Crippen LogP contribution in [0.3, 0.4) is 0 Å². The number of anilines is 3. The van der Waals surface area contributed by atoms with Crippen molar-refractivity contribution < 1.29 is 4.42 Å². The second-order valence-corrected chi connectivity index (χ2v) is 14.9. The fraction of sp³-hybridized carbons (Fsp3) is 0. The maximum Gasteiger partial charge on any atom is 0.143 e. The number of para-hydroxylation sites is 2. The standard InChI is InChI=1S/C56H37NO/c1-2-14-40(15-3-1)48-22-8-10-26-53(48)57(45-32-28-38(29-33-45)42-19-12-20-43(36-42)47-25-13-18-39-16-4-6-21-46(39)47)54-27-11-9-23-49(54)44-31-35-55-52(37-44)51-34-30-41-17-5-7-24-50(41)56(51)58-55/h1-37H. The molecule has 0 bridgehead atoms. The molecule has 0 atom stereocenters. The molecule has 0 N–H and O–H groups in total. The van der Waals surface area contributed by atoms with Crippen LogP contribution in [0.25, 0.3) is 88.0 Å². The Balaban J connectivity index is 1.05. The molecule has 0 aliphatic carbocycles. The Kier molecular flexibility index (Phi) is 8.19. The van der Waals surface area contributed by atoms with Gasteiger partial charge in [-0.25, -0.2) is 0 Å². The third-order valence-electron chi connectivity index (χ3n) is 11.5. The van der Waals surface area contributed by atoms with Gasteiger partial charge in [0.2, 0.25) is 0 Å². The molecular formula is C56H37NO. The largest absolute Gasteiger partial charge is 0.455 e. The van der Waals surface area contributed by atoms with Crippen LogP contribution in [0.1, 0.15) is 0 Å². The van der Waals surface area contributed by atoms with Gasteiger partial charge in [-0.1, -0.05) is 176 Å². The van der Waals surface area contributed by atoms with Gasteiger partial charge in [0, 0.05) is 33.0 Å². The van der Waals surface area contributed by atoms with E-state index >= 15 is 0 Å². The molecule has 1 aromatic heterocycles. The molecule has 10 aromatic carbocycles. The van der Waals surface area contributed by atoms with Gasteiger partial charge in [0.25, 0.3) is 0 Å². The van der Waals surface area contributed by atoms with Crippen LogP contribution in [-0.4, -0.2) is 0 Å². The molecule has 0 aliphatic rings. The Bertz CT molecular complexity index is 3280. The topological polar surface area (TPSA) is 16.4 Å². The maximum atomic E-state index is 6.53. The Morgan fingerprint density at radius 2 is 0.845 bits per heavy atom. The van der Waals surface area contributed by atoms with Crippen molar-refractivity contribution in [3.8, 4) is 44.5 Å². The summed E-state index contributed by atoms with van der Waals surface area (Å²) in [5.74, 6) is 0. The molecule has 0 fully saturated rings. The smallest absolute Gasteiger partial charge is 0.143 e. The first kappa shape index (κ1) is 33.6. The summed E-state index contributed by atoms with van der Waals surface area (Å²) >= 11 is 0. The molecule has 0 amide bonds. The average Bonchev–Trinajstić information content (AvgIpc) is 3.68. The summed E-state index contributed by atoms with van der Waals surface area (Å²) in [7, 11) is 0.